The molecule has 1 amide bonds. The fourth-order valence-electron chi connectivity index (χ4n) is 4.51. The molecule has 1 aliphatic rings. The van der Waals surface area contributed by atoms with Crippen LogP contribution in [0.3, 0.4) is 0 Å². The van der Waals surface area contributed by atoms with E-state index in [9.17, 15) is 19.8 Å². The number of aliphatic hydroxyl groups is 2. The largest absolute Gasteiger partial charge is 0.439 e. The molecule has 1 aliphatic heterocycles. The number of alkyl carbamates (subject to hydrolysis) is 1. The minimum Gasteiger partial charge on any atom is -0.439 e. The van der Waals surface area contributed by atoms with Crippen molar-refractivity contribution >= 4 is 11.9 Å². The maximum Gasteiger partial charge on any atom is 0.407 e. The van der Waals surface area contributed by atoms with Gasteiger partial charge in [0.2, 0.25) is 0 Å². The Kier molecular flexibility index (Phi) is 14.5. The highest BCUT2D eigenvalue weighted by atomic mass is 16.6. The molecule has 1 saturated heterocycles. The van der Waals surface area contributed by atoms with Gasteiger partial charge in [-0.15, -0.1) is 0 Å². The highest BCUT2D eigenvalue weighted by Gasteiger charge is 2.47. The van der Waals surface area contributed by atoms with Crippen LogP contribution < -0.4 is 16.7 Å². The maximum atomic E-state index is 12.3. The van der Waals surface area contributed by atoms with E-state index in [1.807, 2.05) is 0 Å². The van der Waals surface area contributed by atoms with Gasteiger partial charge in [0.15, 0.2) is 12.3 Å². The minimum atomic E-state index is -1.30. The summed E-state index contributed by atoms with van der Waals surface area (Å²) < 4.78 is 12.0. The van der Waals surface area contributed by atoms with Crippen molar-refractivity contribution < 1.29 is 24.5 Å². The van der Waals surface area contributed by atoms with Gasteiger partial charge in [-0.3, -0.25) is 4.57 Å². The SMILES string of the molecule is CCCCCCCCCCCCCCCCNC(=O)O[C@@H]1[C@H](O)[C@@H](CO)O[C@H]1n1ccc(N)nc1=O. The van der Waals surface area contributed by atoms with Gasteiger partial charge >= 0.3 is 11.8 Å². The molecule has 10 nitrogen and oxygen atoms in total. The molecule has 36 heavy (non-hydrogen) atoms. The minimum absolute atomic E-state index is 0.0388. The van der Waals surface area contributed by atoms with Crippen LogP contribution in [0.5, 0.6) is 0 Å². The lowest BCUT2D eigenvalue weighted by atomic mass is 10.0. The van der Waals surface area contributed by atoms with Crippen molar-refractivity contribution in [2.24, 2.45) is 0 Å². The van der Waals surface area contributed by atoms with E-state index in [1.54, 1.807) is 0 Å². The zero-order valence-electron chi connectivity index (χ0n) is 21.8. The number of aromatic nitrogens is 2. The standard InChI is InChI=1S/C26H46N4O6/c1-2-3-4-5-6-7-8-9-10-11-12-13-14-15-17-28-26(34)36-23-22(32)20(19-31)35-24(23)30-18-16-21(27)29-25(30)33/h16,18,20,22-24,31-32H,2-15,17,19H2,1H3,(H,28,34)(H2,27,29,33)/t20-,22-,23-,24-/m1/s1. The second-order valence-electron chi connectivity index (χ2n) is 9.67. The zero-order chi connectivity index (χ0) is 26.2. The number of carbonyl (C=O) groups excluding carboxylic acids is 1. The summed E-state index contributed by atoms with van der Waals surface area (Å²) in [6.45, 7) is 2.22. The molecule has 0 unspecified atom stereocenters. The number of unbranched alkanes of at least 4 members (excludes halogenated alkanes) is 13. The average Bonchev–Trinajstić information content (AvgIpc) is 3.16. The lowest BCUT2D eigenvalue weighted by molar-refractivity contribution is -0.0568. The summed E-state index contributed by atoms with van der Waals surface area (Å²) in [4.78, 5) is 28.1. The van der Waals surface area contributed by atoms with Gasteiger partial charge in [0, 0.05) is 12.7 Å². The second-order valence-corrected chi connectivity index (χ2v) is 9.67. The number of nitrogens with one attached hydrogen (secondary N) is 1. The van der Waals surface area contributed by atoms with Gasteiger partial charge in [0.25, 0.3) is 0 Å². The number of nitrogens with zero attached hydrogens (tertiary/aromatic N) is 2. The Bertz CT molecular complexity index is 805. The molecule has 1 fully saturated rings. The number of nitrogen functional groups attached to an aromatic ring is 1. The molecule has 206 valence electrons. The third-order valence-electron chi connectivity index (χ3n) is 6.66. The Labute approximate surface area is 214 Å². The quantitative estimate of drug-likeness (QED) is 0.219. The zero-order valence-corrected chi connectivity index (χ0v) is 21.8. The van der Waals surface area contributed by atoms with Crippen molar-refractivity contribution in [2.45, 2.75) is 121 Å². The summed E-state index contributed by atoms with van der Waals surface area (Å²) in [5.74, 6) is 0.0388. The van der Waals surface area contributed by atoms with Gasteiger partial charge in [-0.05, 0) is 12.5 Å². The van der Waals surface area contributed by atoms with Crippen LogP contribution in [0.15, 0.2) is 17.1 Å². The highest BCUT2D eigenvalue weighted by molar-refractivity contribution is 5.67. The first-order valence-corrected chi connectivity index (χ1v) is 13.7. The van der Waals surface area contributed by atoms with Crippen LogP contribution in [-0.2, 0) is 9.47 Å². The fraction of sp³-hybridized carbons (Fsp3) is 0.808. The highest BCUT2D eigenvalue weighted by Crippen LogP contribution is 2.31. The molecule has 2 heterocycles. The molecule has 0 aromatic carbocycles. The van der Waals surface area contributed by atoms with Crippen molar-refractivity contribution in [3.8, 4) is 0 Å². The van der Waals surface area contributed by atoms with E-state index < -0.39 is 42.9 Å². The molecule has 1 aromatic heterocycles. The molecular formula is C26H46N4O6. The molecule has 0 spiro atoms. The van der Waals surface area contributed by atoms with Crippen LogP contribution >= 0.6 is 0 Å². The third kappa shape index (κ3) is 10.4. The van der Waals surface area contributed by atoms with Gasteiger partial charge in [0.05, 0.1) is 6.61 Å². The number of nitrogens with two attached hydrogens (primary N) is 1. The Morgan fingerprint density at radius 1 is 1.06 bits per heavy atom. The van der Waals surface area contributed by atoms with Crippen LogP contribution in [0.2, 0.25) is 0 Å². The number of rotatable bonds is 18. The van der Waals surface area contributed by atoms with Gasteiger partial charge in [-0.2, -0.15) is 4.98 Å². The number of hydrogen-bond acceptors (Lipinski definition) is 8. The Morgan fingerprint density at radius 2 is 1.61 bits per heavy atom. The van der Waals surface area contributed by atoms with E-state index in [0.29, 0.717) is 6.54 Å². The normalized spacial score (nSPS) is 21.5. The van der Waals surface area contributed by atoms with Crippen molar-refractivity contribution in [1.29, 1.82) is 0 Å². The summed E-state index contributed by atoms with van der Waals surface area (Å²) in [5, 5.41) is 22.6. The molecule has 1 aromatic rings. The smallest absolute Gasteiger partial charge is 0.407 e. The molecule has 0 saturated carbocycles. The number of aliphatic hydroxyl groups excluding tert-OH is 2. The van der Waals surface area contributed by atoms with Crippen molar-refractivity contribution in [3.63, 3.8) is 0 Å². The number of anilines is 1. The first kappa shape index (κ1) is 30.1. The number of ether oxygens (including phenoxy) is 2. The topological polar surface area (TPSA) is 149 Å². The maximum absolute atomic E-state index is 12.3. The monoisotopic (exact) mass is 510 g/mol. The molecule has 0 radical (unpaired) electrons. The van der Waals surface area contributed by atoms with E-state index in [1.165, 1.54) is 82.9 Å². The third-order valence-corrected chi connectivity index (χ3v) is 6.66. The molecule has 10 heteroatoms. The summed E-state index contributed by atoms with van der Waals surface area (Å²) in [7, 11) is 0. The molecule has 0 bridgehead atoms. The number of hydrogen-bond donors (Lipinski definition) is 4. The summed E-state index contributed by atoms with van der Waals surface area (Å²) in [5.41, 5.74) is 4.81. The second kappa shape index (κ2) is 17.3. The van der Waals surface area contributed by atoms with E-state index in [-0.39, 0.29) is 5.82 Å². The van der Waals surface area contributed by atoms with Crippen LogP contribution in [0.1, 0.15) is 103 Å². The van der Waals surface area contributed by atoms with E-state index in [4.69, 9.17) is 15.2 Å². The summed E-state index contributed by atoms with van der Waals surface area (Å²) in [6, 6.07) is 1.40. The Balaban J connectivity index is 1.58. The number of amides is 1. The molecule has 4 atom stereocenters. The number of carbonyl (C=O) groups is 1. The Hall–Kier alpha value is -2.17. The van der Waals surface area contributed by atoms with Gasteiger partial charge in [-0.1, -0.05) is 90.4 Å². The first-order chi connectivity index (χ1) is 17.5. The van der Waals surface area contributed by atoms with Crippen molar-refractivity contribution in [3.05, 3.63) is 22.7 Å². The Morgan fingerprint density at radius 3 is 2.14 bits per heavy atom. The molecule has 0 aliphatic carbocycles. The predicted octanol–water partition coefficient (Wildman–Crippen LogP) is 3.65. The van der Waals surface area contributed by atoms with Gasteiger partial charge < -0.3 is 30.7 Å². The molecule has 2 rings (SSSR count). The van der Waals surface area contributed by atoms with E-state index in [0.717, 1.165) is 23.8 Å². The lowest BCUT2D eigenvalue weighted by Gasteiger charge is -2.22. The van der Waals surface area contributed by atoms with Crippen LogP contribution in [0.4, 0.5) is 10.6 Å². The van der Waals surface area contributed by atoms with Gasteiger partial charge in [-0.25, -0.2) is 9.59 Å². The lowest BCUT2D eigenvalue weighted by Crippen LogP contribution is -2.41. The van der Waals surface area contributed by atoms with Crippen molar-refractivity contribution in [2.75, 3.05) is 18.9 Å². The van der Waals surface area contributed by atoms with E-state index in [2.05, 4.69) is 17.2 Å². The first-order valence-electron chi connectivity index (χ1n) is 13.7. The van der Waals surface area contributed by atoms with Gasteiger partial charge in [0.1, 0.15) is 18.0 Å². The van der Waals surface area contributed by atoms with Crippen LogP contribution in [0, 0.1) is 0 Å². The average molecular weight is 511 g/mol. The predicted molar refractivity (Wildman–Crippen MR) is 138 cm³/mol. The van der Waals surface area contributed by atoms with Crippen LogP contribution in [0.25, 0.3) is 0 Å². The molecule has 5 N–H and O–H groups in total. The fourth-order valence-corrected chi connectivity index (χ4v) is 4.51. The van der Waals surface area contributed by atoms with E-state index >= 15 is 0 Å². The van der Waals surface area contributed by atoms with Crippen LogP contribution in [-0.4, -0.2) is 57.3 Å². The summed E-state index contributed by atoms with van der Waals surface area (Å²) in [6.07, 6.45) is 13.7. The molecular weight excluding hydrogens is 464 g/mol. The summed E-state index contributed by atoms with van der Waals surface area (Å²) >= 11 is 0. The van der Waals surface area contributed by atoms with Crippen molar-refractivity contribution in [1.82, 2.24) is 14.9 Å².